The second kappa shape index (κ2) is 5.91. The highest BCUT2D eigenvalue weighted by Crippen LogP contribution is 2.31. The van der Waals surface area contributed by atoms with Crippen molar-refractivity contribution in [1.82, 2.24) is 5.32 Å². The Hall–Kier alpha value is -2.09. The van der Waals surface area contributed by atoms with Gasteiger partial charge in [-0.15, -0.1) is 0 Å². The van der Waals surface area contributed by atoms with Gasteiger partial charge in [-0.3, -0.25) is 4.79 Å². The summed E-state index contributed by atoms with van der Waals surface area (Å²) in [5, 5.41) is 3.08. The molecule has 0 saturated carbocycles. The van der Waals surface area contributed by atoms with Crippen molar-refractivity contribution >= 4 is 5.91 Å². The third-order valence-corrected chi connectivity index (χ3v) is 4.01. The number of amides is 1. The molecule has 0 spiro atoms. The van der Waals surface area contributed by atoms with E-state index >= 15 is 0 Å². The molecule has 1 N–H and O–H groups in total. The smallest absolute Gasteiger partial charge is 0.220 e. The van der Waals surface area contributed by atoms with Gasteiger partial charge in [-0.2, -0.15) is 0 Å². The van der Waals surface area contributed by atoms with Gasteiger partial charge in [-0.05, 0) is 24.0 Å². The van der Waals surface area contributed by atoms with Crippen molar-refractivity contribution in [3.63, 3.8) is 0 Å². The number of carbonyl (C=O) groups excluding carboxylic acids is 1. The highest BCUT2D eigenvalue weighted by molar-refractivity contribution is 5.78. The van der Waals surface area contributed by atoms with Gasteiger partial charge in [0.2, 0.25) is 5.91 Å². The van der Waals surface area contributed by atoms with Crippen molar-refractivity contribution in [1.29, 1.82) is 0 Å². The van der Waals surface area contributed by atoms with Crippen molar-refractivity contribution < 1.29 is 4.79 Å². The van der Waals surface area contributed by atoms with E-state index in [0.29, 0.717) is 18.4 Å². The Morgan fingerprint density at radius 1 is 0.950 bits per heavy atom. The molecule has 1 saturated heterocycles. The Bertz CT molecular complexity index is 525. The predicted octanol–water partition coefficient (Wildman–Crippen LogP) is 3.49. The van der Waals surface area contributed by atoms with Gasteiger partial charge >= 0.3 is 0 Å². The summed E-state index contributed by atoms with van der Waals surface area (Å²) in [6, 6.07) is 21.4. The first-order valence-electron chi connectivity index (χ1n) is 7.22. The Labute approximate surface area is 119 Å². The molecule has 0 bridgehead atoms. The van der Waals surface area contributed by atoms with Gasteiger partial charge in [-0.25, -0.2) is 0 Å². The molecule has 0 aromatic heterocycles. The van der Waals surface area contributed by atoms with Crippen LogP contribution in [0.1, 0.15) is 36.3 Å². The van der Waals surface area contributed by atoms with Crippen LogP contribution in [0.2, 0.25) is 0 Å². The first kappa shape index (κ1) is 12.9. The van der Waals surface area contributed by atoms with E-state index in [1.807, 2.05) is 12.1 Å². The average Bonchev–Trinajstić information content (AvgIpc) is 2.92. The molecule has 2 nitrogen and oxygen atoms in total. The Balaban J connectivity index is 1.86. The van der Waals surface area contributed by atoms with Crippen LogP contribution < -0.4 is 5.32 Å². The molecule has 0 radical (unpaired) electrons. The zero-order valence-electron chi connectivity index (χ0n) is 11.5. The number of nitrogens with one attached hydrogen (secondary N) is 1. The van der Waals surface area contributed by atoms with Gasteiger partial charge in [-0.1, -0.05) is 60.7 Å². The van der Waals surface area contributed by atoms with E-state index in [1.54, 1.807) is 0 Å². The van der Waals surface area contributed by atoms with E-state index in [0.717, 1.165) is 12.8 Å². The lowest BCUT2D eigenvalue weighted by Gasteiger charge is -2.21. The zero-order chi connectivity index (χ0) is 13.8. The summed E-state index contributed by atoms with van der Waals surface area (Å²) in [6.45, 7) is 0. The van der Waals surface area contributed by atoms with E-state index in [4.69, 9.17) is 0 Å². The molecule has 2 aromatic rings. The minimum atomic E-state index is 0.190. The van der Waals surface area contributed by atoms with Gasteiger partial charge in [0.1, 0.15) is 0 Å². The summed E-state index contributed by atoms with van der Waals surface area (Å²) in [4.78, 5) is 11.4. The summed E-state index contributed by atoms with van der Waals surface area (Å²) < 4.78 is 0. The monoisotopic (exact) mass is 265 g/mol. The van der Waals surface area contributed by atoms with Crippen LogP contribution in [0.3, 0.4) is 0 Å². The van der Waals surface area contributed by atoms with Crippen molar-refractivity contribution in [2.75, 3.05) is 0 Å². The lowest BCUT2D eigenvalue weighted by atomic mass is 9.85. The van der Waals surface area contributed by atoms with Gasteiger partial charge in [0.05, 0.1) is 0 Å². The summed E-state index contributed by atoms with van der Waals surface area (Å²) in [5.74, 6) is 0.538. The number of benzene rings is 2. The van der Waals surface area contributed by atoms with E-state index in [9.17, 15) is 4.79 Å². The minimum Gasteiger partial charge on any atom is -0.353 e. The maximum atomic E-state index is 11.4. The van der Waals surface area contributed by atoms with Gasteiger partial charge in [0.15, 0.2) is 0 Å². The molecule has 0 aliphatic carbocycles. The van der Waals surface area contributed by atoms with Crippen LogP contribution in [0, 0.1) is 0 Å². The fourth-order valence-electron chi connectivity index (χ4n) is 2.97. The van der Waals surface area contributed by atoms with E-state index < -0.39 is 0 Å². The van der Waals surface area contributed by atoms with E-state index in [-0.39, 0.29) is 5.91 Å². The SMILES string of the molecule is O=C1CCC(CC(c2ccccc2)c2ccccc2)N1. The maximum absolute atomic E-state index is 11.4. The van der Waals surface area contributed by atoms with Crippen LogP contribution >= 0.6 is 0 Å². The Morgan fingerprint density at radius 2 is 1.50 bits per heavy atom. The average molecular weight is 265 g/mol. The lowest BCUT2D eigenvalue weighted by molar-refractivity contribution is -0.119. The first-order chi connectivity index (χ1) is 9.83. The molecule has 1 unspecified atom stereocenters. The normalized spacial score (nSPS) is 18.2. The number of hydrogen-bond donors (Lipinski definition) is 1. The molecular weight excluding hydrogens is 246 g/mol. The second-order valence-corrected chi connectivity index (χ2v) is 5.41. The number of carbonyl (C=O) groups is 1. The number of rotatable bonds is 4. The van der Waals surface area contributed by atoms with Crippen LogP contribution in [0.25, 0.3) is 0 Å². The van der Waals surface area contributed by atoms with Crippen LogP contribution in [0.15, 0.2) is 60.7 Å². The number of hydrogen-bond acceptors (Lipinski definition) is 1. The molecule has 1 aliphatic rings. The second-order valence-electron chi connectivity index (χ2n) is 5.41. The summed E-state index contributed by atoms with van der Waals surface area (Å²) in [5.41, 5.74) is 2.64. The predicted molar refractivity (Wildman–Crippen MR) is 80.5 cm³/mol. The fraction of sp³-hybridized carbons (Fsp3) is 0.278. The van der Waals surface area contributed by atoms with Crippen LogP contribution in [-0.4, -0.2) is 11.9 Å². The highest BCUT2D eigenvalue weighted by atomic mass is 16.1. The summed E-state index contributed by atoms with van der Waals surface area (Å²) >= 11 is 0. The standard InChI is InChI=1S/C18H19NO/c20-18-12-11-16(19-18)13-17(14-7-3-1-4-8-14)15-9-5-2-6-10-15/h1-10,16-17H,11-13H2,(H,19,20). The fourth-order valence-corrected chi connectivity index (χ4v) is 2.97. The zero-order valence-corrected chi connectivity index (χ0v) is 11.5. The molecule has 2 aromatic carbocycles. The molecule has 1 aliphatic heterocycles. The maximum Gasteiger partial charge on any atom is 0.220 e. The molecule has 1 atom stereocenters. The lowest BCUT2D eigenvalue weighted by Crippen LogP contribution is -2.27. The van der Waals surface area contributed by atoms with Crippen LogP contribution in [0.5, 0.6) is 0 Å². The van der Waals surface area contributed by atoms with E-state index in [1.165, 1.54) is 11.1 Å². The van der Waals surface area contributed by atoms with E-state index in [2.05, 4.69) is 53.8 Å². The molecule has 2 heteroatoms. The molecule has 1 heterocycles. The van der Waals surface area contributed by atoms with Gasteiger partial charge < -0.3 is 5.32 Å². The summed E-state index contributed by atoms with van der Waals surface area (Å²) in [6.07, 6.45) is 2.59. The highest BCUT2D eigenvalue weighted by Gasteiger charge is 2.25. The topological polar surface area (TPSA) is 29.1 Å². The summed E-state index contributed by atoms with van der Waals surface area (Å²) in [7, 11) is 0. The van der Waals surface area contributed by atoms with Gasteiger partial charge in [0, 0.05) is 18.4 Å². The van der Waals surface area contributed by atoms with Crippen molar-refractivity contribution in [2.24, 2.45) is 0 Å². The molecule has 1 fully saturated rings. The van der Waals surface area contributed by atoms with Crippen LogP contribution in [-0.2, 0) is 4.79 Å². The molecule has 1 amide bonds. The Morgan fingerprint density at radius 3 is 1.95 bits per heavy atom. The molecular formula is C18H19NO. The molecule has 3 rings (SSSR count). The first-order valence-corrected chi connectivity index (χ1v) is 7.22. The third kappa shape index (κ3) is 2.90. The largest absolute Gasteiger partial charge is 0.353 e. The van der Waals surface area contributed by atoms with Gasteiger partial charge in [0.25, 0.3) is 0 Å². The third-order valence-electron chi connectivity index (χ3n) is 4.01. The van der Waals surface area contributed by atoms with Crippen molar-refractivity contribution in [3.05, 3.63) is 71.8 Å². The van der Waals surface area contributed by atoms with Crippen molar-refractivity contribution in [3.8, 4) is 0 Å². The van der Waals surface area contributed by atoms with Crippen LogP contribution in [0.4, 0.5) is 0 Å². The van der Waals surface area contributed by atoms with Crippen molar-refractivity contribution in [2.45, 2.75) is 31.2 Å². The quantitative estimate of drug-likeness (QED) is 0.901. The minimum absolute atomic E-state index is 0.190. The molecule has 20 heavy (non-hydrogen) atoms. The Kier molecular flexibility index (Phi) is 3.82. The molecule has 102 valence electrons.